The zero-order valence-electron chi connectivity index (χ0n) is 15.7. The summed E-state index contributed by atoms with van der Waals surface area (Å²) in [6, 6.07) is 21.1. The van der Waals surface area contributed by atoms with Gasteiger partial charge in [0.25, 0.3) is 0 Å². The molecule has 1 aliphatic rings. The lowest BCUT2D eigenvalue weighted by Crippen LogP contribution is -2.37. The van der Waals surface area contributed by atoms with Gasteiger partial charge in [-0.15, -0.1) is 0 Å². The third-order valence-electron chi connectivity index (χ3n) is 5.18. The molecule has 1 N–H and O–H groups in total. The Kier molecular flexibility index (Phi) is 5.06. The van der Waals surface area contributed by atoms with Gasteiger partial charge in [0.1, 0.15) is 0 Å². The first-order chi connectivity index (χ1) is 13.4. The van der Waals surface area contributed by atoms with Crippen LogP contribution < -0.4 is 0 Å². The Morgan fingerprint density at radius 3 is 2.43 bits per heavy atom. The Bertz CT molecular complexity index is 1130. The molecule has 0 radical (unpaired) electrons. The van der Waals surface area contributed by atoms with Gasteiger partial charge < -0.3 is 5.11 Å². The van der Waals surface area contributed by atoms with E-state index < -0.39 is 16.1 Å². The number of rotatable bonds is 3. The maximum atomic E-state index is 13.2. The van der Waals surface area contributed by atoms with Gasteiger partial charge in [0.15, 0.2) is 0 Å². The number of β-amino-alcohol motifs (C(OH)–C–C–N with tert-alkyl or cyclic N) is 1. The molecular weight excluding hydrogens is 370 g/mol. The predicted molar refractivity (Wildman–Crippen MR) is 112 cm³/mol. The predicted octanol–water partition coefficient (Wildman–Crippen LogP) is 3.99. The van der Waals surface area contributed by atoms with E-state index in [0.29, 0.717) is 6.42 Å². The largest absolute Gasteiger partial charge is 0.391 e. The van der Waals surface area contributed by atoms with Crippen molar-refractivity contribution in [2.45, 2.75) is 24.3 Å². The molecule has 0 amide bonds. The fourth-order valence-corrected chi connectivity index (χ4v) is 5.00. The molecule has 4 rings (SSSR count). The molecule has 0 bridgehead atoms. The highest BCUT2D eigenvalue weighted by Crippen LogP contribution is 2.27. The summed E-state index contributed by atoms with van der Waals surface area (Å²) >= 11 is 0. The number of hydrogen-bond donors (Lipinski definition) is 1. The average molecular weight is 394 g/mol. The second kappa shape index (κ2) is 7.51. The third kappa shape index (κ3) is 3.74. The standard InChI is InChI=1S/C23H23NO3S/c1-17-6-12-23(13-7-17)28(26,27)24-15-21(10-11-22(25)16-24)20-9-8-18-4-2-3-5-19(18)14-20/h2-10,12-14,22,25H,11,15-16H2,1H3. The number of aryl methyl sites for hydroxylation is 1. The molecule has 5 heteroatoms. The van der Waals surface area contributed by atoms with Crippen LogP contribution >= 0.6 is 0 Å². The number of fused-ring (bicyclic) bond motifs is 1. The van der Waals surface area contributed by atoms with E-state index in [-0.39, 0.29) is 18.0 Å². The van der Waals surface area contributed by atoms with Gasteiger partial charge in [-0.1, -0.05) is 60.2 Å². The summed E-state index contributed by atoms with van der Waals surface area (Å²) in [6.45, 7) is 2.25. The monoisotopic (exact) mass is 393 g/mol. The van der Waals surface area contributed by atoms with Gasteiger partial charge in [0, 0.05) is 13.1 Å². The van der Waals surface area contributed by atoms with Gasteiger partial charge in [0.05, 0.1) is 11.0 Å². The normalized spacial score (nSPS) is 18.6. The van der Waals surface area contributed by atoms with Crippen LogP contribution in [-0.4, -0.2) is 37.0 Å². The first-order valence-electron chi connectivity index (χ1n) is 9.36. The summed E-state index contributed by atoms with van der Waals surface area (Å²) in [6.07, 6.45) is 1.67. The zero-order chi connectivity index (χ0) is 19.7. The van der Waals surface area contributed by atoms with Gasteiger partial charge in [-0.3, -0.25) is 0 Å². The Morgan fingerprint density at radius 2 is 1.68 bits per heavy atom. The van der Waals surface area contributed by atoms with E-state index in [4.69, 9.17) is 0 Å². The molecule has 28 heavy (non-hydrogen) atoms. The molecule has 144 valence electrons. The van der Waals surface area contributed by atoms with Crippen molar-refractivity contribution in [2.75, 3.05) is 13.1 Å². The minimum Gasteiger partial charge on any atom is -0.391 e. The fourth-order valence-electron chi connectivity index (χ4n) is 3.55. The van der Waals surface area contributed by atoms with Crippen LogP contribution in [-0.2, 0) is 10.0 Å². The number of aliphatic hydroxyl groups excluding tert-OH is 1. The van der Waals surface area contributed by atoms with E-state index in [1.165, 1.54) is 4.31 Å². The second-order valence-corrected chi connectivity index (χ2v) is 9.23. The average Bonchev–Trinajstić information content (AvgIpc) is 2.90. The minimum atomic E-state index is -3.69. The van der Waals surface area contributed by atoms with Crippen molar-refractivity contribution < 1.29 is 13.5 Å². The van der Waals surface area contributed by atoms with Crippen molar-refractivity contribution in [2.24, 2.45) is 0 Å². The van der Waals surface area contributed by atoms with E-state index in [0.717, 1.165) is 27.5 Å². The lowest BCUT2D eigenvalue weighted by atomic mass is 10.0. The van der Waals surface area contributed by atoms with E-state index in [9.17, 15) is 13.5 Å². The number of sulfonamides is 1. The highest BCUT2D eigenvalue weighted by atomic mass is 32.2. The summed E-state index contributed by atoms with van der Waals surface area (Å²) in [5.41, 5.74) is 2.90. The van der Waals surface area contributed by atoms with E-state index in [2.05, 4.69) is 12.1 Å². The Hall–Kier alpha value is -2.47. The fraction of sp³-hybridized carbons (Fsp3) is 0.217. The van der Waals surface area contributed by atoms with Gasteiger partial charge in [0.2, 0.25) is 10.0 Å². The van der Waals surface area contributed by atoms with Crippen molar-refractivity contribution in [1.82, 2.24) is 4.31 Å². The molecule has 4 nitrogen and oxygen atoms in total. The Labute approximate surface area is 165 Å². The molecule has 1 heterocycles. The van der Waals surface area contributed by atoms with Crippen molar-refractivity contribution in [3.05, 3.63) is 83.9 Å². The van der Waals surface area contributed by atoms with Crippen LogP contribution in [0.2, 0.25) is 0 Å². The third-order valence-corrected chi connectivity index (χ3v) is 7.00. The van der Waals surface area contributed by atoms with Crippen LogP contribution in [0.5, 0.6) is 0 Å². The second-order valence-electron chi connectivity index (χ2n) is 7.29. The van der Waals surface area contributed by atoms with Crippen LogP contribution in [0, 0.1) is 6.92 Å². The number of benzene rings is 3. The highest BCUT2D eigenvalue weighted by molar-refractivity contribution is 7.89. The van der Waals surface area contributed by atoms with Crippen LogP contribution in [0.1, 0.15) is 17.5 Å². The molecule has 0 aliphatic carbocycles. The number of aliphatic hydroxyl groups is 1. The quantitative estimate of drug-likeness (QED) is 0.732. The highest BCUT2D eigenvalue weighted by Gasteiger charge is 2.29. The van der Waals surface area contributed by atoms with Gasteiger partial charge >= 0.3 is 0 Å². The van der Waals surface area contributed by atoms with Crippen molar-refractivity contribution in [1.29, 1.82) is 0 Å². The molecule has 0 saturated carbocycles. The van der Waals surface area contributed by atoms with Gasteiger partial charge in [-0.05, 0) is 53.5 Å². The van der Waals surface area contributed by atoms with Crippen LogP contribution in [0.3, 0.4) is 0 Å². The van der Waals surface area contributed by atoms with Crippen molar-refractivity contribution >= 4 is 26.4 Å². The Balaban J connectivity index is 1.70. The van der Waals surface area contributed by atoms with Crippen molar-refractivity contribution in [3.63, 3.8) is 0 Å². The molecule has 1 aliphatic heterocycles. The SMILES string of the molecule is Cc1ccc(S(=O)(=O)N2CC(c3ccc4ccccc4c3)=CCC(O)C2)cc1. The van der Waals surface area contributed by atoms with E-state index in [1.54, 1.807) is 24.3 Å². The molecule has 3 aromatic carbocycles. The first-order valence-corrected chi connectivity index (χ1v) is 10.8. The summed E-state index contributed by atoms with van der Waals surface area (Å²) in [4.78, 5) is 0.255. The van der Waals surface area contributed by atoms with Gasteiger partial charge in [-0.25, -0.2) is 8.42 Å². The molecule has 0 fully saturated rings. The topological polar surface area (TPSA) is 57.6 Å². The summed E-state index contributed by atoms with van der Waals surface area (Å²) in [5, 5.41) is 12.6. The summed E-state index contributed by atoms with van der Waals surface area (Å²) in [5.74, 6) is 0. The molecule has 0 aromatic heterocycles. The minimum absolute atomic E-state index is 0.0871. The molecule has 3 aromatic rings. The maximum absolute atomic E-state index is 13.2. The molecule has 1 atom stereocenters. The van der Waals surface area contributed by atoms with Crippen molar-refractivity contribution in [3.8, 4) is 0 Å². The zero-order valence-corrected chi connectivity index (χ0v) is 16.6. The number of nitrogens with zero attached hydrogens (tertiary/aromatic N) is 1. The molecule has 1 unspecified atom stereocenters. The first kappa shape index (κ1) is 18.9. The van der Waals surface area contributed by atoms with E-state index >= 15 is 0 Å². The molecular formula is C23H23NO3S. The number of hydrogen-bond acceptors (Lipinski definition) is 3. The van der Waals surface area contributed by atoms with Crippen LogP contribution in [0.15, 0.2) is 77.7 Å². The summed E-state index contributed by atoms with van der Waals surface area (Å²) in [7, 11) is -3.69. The van der Waals surface area contributed by atoms with E-state index in [1.807, 2.05) is 43.3 Å². The maximum Gasteiger partial charge on any atom is 0.243 e. The summed E-state index contributed by atoms with van der Waals surface area (Å²) < 4.78 is 27.7. The van der Waals surface area contributed by atoms with Crippen LogP contribution in [0.4, 0.5) is 0 Å². The lowest BCUT2D eigenvalue weighted by molar-refractivity contribution is 0.155. The van der Waals surface area contributed by atoms with Crippen LogP contribution in [0.25, 0.3) is 16.3 Å². The molecule has 0 spiro atoms. The molecule has 0 saturated heterocycles. The lowest BCUT2D eigenvalue weighted by Gasteiger charge is -2.23. The Morgan fingerprint density at radius 1 is 0.964 bits per heavy atom. The van der Waals surface area contributed by atoms with Gasteiger partial charge in [-0.2, -0.15) is 4.31 Å². The smallest absolute Gasteiger partial charge is 0.243 e.